The van der Waals surface area contributed by atoms with Gasteiger partial charge in [0, 0.05) is 12.4 Å². The Morgan fingerprint density at radius 3 is 2.52 bits per heavy atom. The van der Waals surface area contributed by atoms with E-state index < -0.39 is 12.7 Å². The van der Waals surface area contributed by atoms with E-state index in [1.807, 2.05) is 42.0 Å². The monoisotopic (exact) mass is 420 g/mol. The quantitative estimate of drug-likeness (QED) is 0.535. The van der Waals surface area contributed by atoms with E-state index in [1.54, 1.807) is 24.4 Å². The van der Waals surface area contributed by atoms with Gasteiger partial charge in [-0.1, -0.05) is 42.1 Å². The highest BCUT2D eigenvalue weighted by Crippen LogP contribution is 2.25. The van der Waals surface area contributed by atoms with Gasteiger partial charge in [0.05, 0.1) is 22.8 Å². The molecule has 0 unspecified atom stereocenters. The van der Waals surface area contributed by atoms with Crippen LogP contribution in [0.4, 0.5) is 24.5 Å². The second-order valence-electron chi connectivity index (χ2n) is 6.22. The Balaban J connectivity index is 1.64. The molecule has 0 aliphatic heterocycles. The Morgan fingerprint density at radius 2 is 1.79 bits per heavy atom. The number of thioether (sulfide) groups is 1. The number of carbonyl (C=O) groups is 1. The van der Waals surface area contributed by atoms with Crippen molar-refractivity contribution < 1.29 is 18.0 Å². The number of alkyl halides is 3. The first-order valence-electron chi connectivity index (χ1n) is 8.75. The first kappa shape index (κ1) is 20.8. The molecule has 5 nitrogen and oxygen atoms in total. The molecule has 0 atom stereocenters. The van der Waals surface area contributed by atoms with E-state index in [0.717, 1.165) is 11.3 Å². The van der Waals surface area contributed by atoms with Crippen molar-refractivity contribution in [1.82, 2.24) is 9.55 Å². The van der Waals surface area contributed by atoms with Crippen LogP contribution in [0.3, 0.4) is 0 Å². The zero-order chi connectivity index (χ0) is 20.9. The van der Waals surface area contributed by atoms with Crippen LogP contribution < -0.4 is 10.6 Å². The molecule has 0 bridgehead atoms. The van der Waals surface area contributed by atoms with Crippen LogP contribution in [0, 0.1) is 6.92 Å². The third-order valence-electron chi connectivity index (χ3n) is 3.99. The number of hydrogen-bond donors (Lipinski definition) is 2. The minimum Gasteiger partial charge on any atom is -0.375 e. The van der Waals surface area contributed by atoms with Gasteiger partial charge < -0.3 is 10.6 Å². The second-order valence-corrected chi connectivity index (χ2v) is 7.16. The van der Waals surface area contributed by atoms with Crippen LogP contribution in [0.5, 0.6) is 0 Å². The van der Waals surface area contributed by atoms with Gasteiger partial charge in [0.25, 0.3) is 0 Å². The van der Waals surface area contributed by atoms with Crippen LogP contribution in [0.1, 0.15) is 5.56 Å². The van der Waals surface area contributed by atoms with Gasteiger partial charge in [-0.25, -0.2) is 4.98 Å². The van der Waals surface area contributed by atoms with Crippen molar-refractivity contribution in [3.05, 3.63) is 66.5 Å². The van der Waals surface area contributed by atoms with E-state index in [4.69, 9.17) is 0 Å². The molecule has 2 aromatic carbocycles. The molecule has 9 heteroatoms. The number of aryl methyl sites for hydroxylation is 1. The molecule has 1 heterocycles. The maximum atomic E-state index is 12.5. The van der Waals surface area contributed by atoms with Crippen molar-refractivity contribution in [2.24, 2.45) is 0 Å². The Bertz CT molecular complexity index is 988. The molecular weight excluding hydrogens is 401 g/mol. The zero-order valence-corrected chi connectivity index (χ0v) is 16.3. The van der Waals surface area contributed by atoms with Crippen LogP contribution in [0.15, 0.2) is 66.1 Å². The van der Waals surface area contributed by atoms with Gasteiger partial charge in [0.15, 0.2) is 5.16 Å². The highest BCUT2D eigenvalue weighted by atomic mass is 32.2. The zero-order valence-electron chi connectivity index (χ0n) is 15.5. The Kier molecular flexibility index (Phi) is 6.48. The Labute approximate surface area is 170 Å². The van der Waals surface area contributed by atoms with E-state index in [-0.39, 0.29) is 17.3 Å². The number of aromatic nitrogens is 2. The molecule has 0 saturated heterocycles. The SMILES string of the molecule is Cc1ccccc1-n1ccnc1SCC(=O)Nc1ccccc1NCC(F)(F)F. The number of benzene rings is 2. The van der Waals surface area contributed by atoms with Crippen molar-refractivity contribution in [2.45, 2.75) is 18.3 Å². The molecule has 0 aliphatic rings. The van der Waals surface area contributed by atoms with E-state index >= 15 is 0 Å². The van der Waals surface area contributed by atoms with Crippen LogP contribution in [-0.2, 0) is 4.79 Å². The van der Waals surface area contributed by atoms with Crippen molar-refractivity contribution in [1.29, 1.82) is 0 Å². The molecule has 1 aromatic heterocycles. The fraction of sp³-hybridized carbons (Fsp3) is 0.200. The van der Waals surface area contributed by atoms with Gasteiger partial charge in [-0.05, 0) is 30.7 Å². The normalized spacial score (nSPS) is 11.3. The van der Waals surface area contributed by atoms with Crippen LogP contribution in [0.2, 0.25) is 0 Å². The lowest BCUT2D eigenvalue weighted by Gasteiger charge is -2.14. The number of nitrogens with zero attached hydrogens (tertiary/aromatic N) is 2. The van der Waals surface area contributed by atoms with Crippen molar-refractivity contribution in [2.75, 3.05) is 22.9 Å². The third-order valence-corrected chi connectivity index (χ3v) is 4.96. The number of halogens is 3. The Hall–Kier alpha value is -2.94. The fourth-order valence-corrected chi connectivity index (χ4v) is 3.44. The molecule has 0 radical (unpaired) electrons. The van der Waals surface area contributed by atoms with Gasteiger partial charge in [-0.3, -0.25) is 9.36 Å². The maximum absolute atomic E-state index is 12.5. The molecule has 29 heavy (non-hydrogen) atoms. The minimum atomic E-state index is -4.35. The molecule has 1 amide bonds. The van der Waals surface area contributed by atoms with Gasteiger partial charge in [0.1, 0.15) is 6.54 Å². The summed E-state index contributed by atoms with van der Waals surface area (Å²) in [5, 5.41) is 5.61. The van der Waals surface area contributed by atoms with Gasteiger partial charge >= 0.3 is 6.18 Å². The molecule has 3 rings (SSSR count). The first-order valence-corrected chi connectivity index (χ1v) is 9.74. The molecule has 152 valence electrons. The molecule has 0 saturated carbocycles. The lowest BCUT2D eigenvalue weighted by molar-refractivity contribution is -0.115. The van der Waals surface area contributed by atoms with E-state index in [2.05, 4.69) is 15.6 Å². The number of rotatable bonds is 7. The highest BCUT2D eigenvalue weighted by molar-refractivity contribution is 7.99. The second kappa shape index (κ2) is 9.04. The van der Waals surface area contributed by atoms with Crippen molar-refractivity contribution in [3.8, 4) is 5.69 Å². The van der Waals surface area contributed by atoms with E-state index in [1.165, 1.54) is 17.8 Å². The lowest BCUT2D eigenvalue weighted by Crippen LogP contribution is -2.22. The van der Waals surface area contributed by atoms with Crippen molar-refractivity contribution >= 4 is 29.0 Å². The smallest absolute Gasteiger partial charge is 0.375 e. The number of amides is 1. The highest BCUT2D eigenvalue weighted by Gasteiger charge is 2.27. The predicted octanol–water partition coefficient (Wildman–Crippen LogP) is 4.89. The number of imidazole rings is 1. The summed E-state index contributed by atoms with van der Waals surface area (Å²) in [6.07, 6.45) is -0.873. The van der Waals surface area contributed by atoms with Gasteiger partial charge in [-0.15, -0.1) is 0 Å². The number of carbonyl (C=O) groups excluding carboxylic acids is 1. The topological polar surface area (TPSA) is 59.0 Å². The molecule has 2 N–H and O–H groups in total. The summed E-state index contributed by atoms with van der Waals surface area (Å²) in [6.45, 7) is 0.809. The summed E-state index contributed by atoms with van der Waals surface area (Å²) in [6, 6.07) is 14.1. The lowest BCUT2D eigenvalue weighted by atomic mass is 10.2. The summed E-state index contributed by atoms with van der Waals surface area (Å²) in [5.74, 6) is -0.271. The van der Waals surface area contributed by atoms with E-state index in [0.29, 0.717) is 10.8 Å². The predicted molar refractivity (Wildman–Crippen MR) is 109 cm³/mol. The largest absolute Gasteiger partial charge is 0.405 e. The van der Waals surface area contributed by atoms with Crippen LogP contribution in [0.25, 0.3) is 5.69 Å². The van der Waals surface area contributed by atoms with Gasteiger partial charge in [-0.2, -0.15) is 13.2 Å². The summed E-state index contributed by atoms with van der Waals surface area (Å²) < 4.78 is 39.3. The maximum Gasteiger partial charge on any atom is 0.405 e. The summed E-state index contributed by atoms with van der Waals surface area (Å²) in [4.78, 5) is 16.7. The molecular formula is C20H19F3N4OS. The van der Waals surface area contributed by atoms with E-state index in [9.17, 15) is 18.0 Å². The third kappa shape index (κ3) is 5.77. The Morgan fingerprint density at radius 1 is 1.10 bits per heavy atom. The summed E-state index contributed by atoms with van der Waals surface area (Å²) >= 11 is 1.25. The first-order chi connectivity index (χ1) is 13.8. The van der Waals surface area contributed by atoms with Crippen LogP contribution >= 0.6 is 11.8 Å². The minimum absolute atomic E-state index is 0.0660. The fourth-order valence-electron chi connectivity index (χ4n) is 2.67. The van der Waals surface area contributed by atoms with Crippen LogP contribution in [-0.4, -0.2) is 33.9 Å². The molecule has 0 aliphatic carbocycles. The average Bonchev–Trinajstić information content (AvgIpc) is 3.14. The number of nitrogens with one attached hydrogen (secondary N) is 2. The van der Waals surface area contributed by atoms with Crippen molar-refractivity contribution in [3.63, 3.8) is 0 Å². The number of hydrogen-bond acceptors (Lipinski definition) is 4. The number of anilines is 2. The van der Waals surface area contributed by atoms with Gasteiger partial charge in [0.2, 0.25) is 5.91 Å². The standard InChI is InChI=1S/C20H19F3N4OS/c1-14-6-2-5-9-17(14)27-11-10-24-19(27)29-12-18(28)26-16-8-4-3-7-15(16)25-13-20(21,22)23/h2-11,25H,12-13H2,1H3,(H,26,28). The molecule has 0 fully saturated rings. The molecule has 0 spiro atoms. The summed E-state index contributed by atoms with van der Waals surface area (Å²) in [5.41, 5.74) is 2.55. The summed E-state index contributed by atoms with van der Waals surface area (Å²) in [7, 11) is 0. The number of para-hydroxylation sites is 3. The average molecular weight is 420 g/mol. The molecule has 3 aromatic rings.